The Morgan fingerprint density at radius 3 is 2.52 bits per heavy atom. The van der Waals surface area contributed by atoms with Crippen LogP contribution in [0.1, 0.15) is 31.4 Å². The fourth-order valence-electron chi connectivity index (χ4n) is 2.02. The van der Waals surface area contributed by atoms with Crippen molar-refractivity contribution in [3.63, 3.8) is 0 Å². The number of ketones is 1. The number of benzene rings is 1. The zero-order valence-corrected chi connectivity index (χ0v) is 12.5. The molecule has 21 heavy (non-hydrogen) atoms. The van der Waals surface area contributed by atoms with E-state index in [2.05, 4.69) is 24.4 Å². The lowest BCUT2D eigenvalue weighted by molar-refractivity contribution is -0.130. The lowest BCUT2D eigenvalue weighted by atomic mass is 9.95. The van der Waals surface area contributed by atoms with Gasteiger partial charge in [-0.15, -0.1) is 0 Å². The molecule has 0 bridgehead atoms. The van der Waals surface area contributed by atoms with E-state index in [1.807, 2.05) is 19.1 Å². The largest absolute Gasteiger partial charge is 0.369 e. The van der Waals surface area contributed by atoms with Crippen LogP contribution in [-0.4, -0.2) is 24.1 Å². The van der Waals surface area contributed by atoms with E-state index in [1.54, 1.807) is 0 Å². The Morgan fingerprint density at radius 1 is 1.24 bits per heavy atom. The molecule has 0 aliphatic rings. The van der Waals surface area contributed by atoms with Crippen LogP contribution in [0.5, 0.6) is 0 Å². The van der Waals surface area contributed by atoms with Gasteiger partial charge in [0.2, 0.25) is 11.8 Å². The van der Waals surface area contributed by atoms with Gasteiger partial charge in [0.1, 0.15) is 6.42 Å². The second kappa shape index (κ2) is 8.19. The lowest BCUT2D eigenvalue weighted by Crippen LogP contribution is -2.34. The van der Waals surface area contributed by atoms with E-state index >= 15 is 0 Å². The molecule has 0 heterocycles. The summed E-state index contributed by atoms with van der Waals surface area (Å²) < 4.78 is 0. The van der Waals surface area contributed by atoms with Gasteiger partial charge < -0.3 is 11.1 Å². The van der Waals surface area contributed by atoms with E-state index in [0.717, 1.165) is 12.0 Å². The number of carbonyl (C=O) groups excluding carboxylic acids is 3. The zero-order chi connectivity index (χ0) is 15.8. The fourth-order valence-corrected chi connectivity index (χ4v) is 2.02. The number of aryl methyl sites for hydroxylation is 1. The molecule has 0 fully saturated rings. The number of amides is 2. The molecule has 0 unspecified atom stereocenters. The lowest BCUT2D eigenvalue weighted by Gasteiger charge is -2.12. The fraction of sp³-hybridized carbons (Fsp3) is 0.438. The van der Waals surface area contributed by atoms with E-state index < -0.39 is 11.8 Å². The molecule has 3 N–H and O–H groups in total. The summed E-state index contributed by atoms with van der Waals surface area (Å²) in [6, 6.07) is 8.13. The molecule has 5 nitrogen and oxygen atoms in total. The highest BCUT2D eigenvalue weighted by molar-refractivity contribution is 5.97. The number of hydrogen-bond acceptors (Lipinski definition) is 3. The number of primary amides is 1. The van der Waals surface area contributed by atoms with Crippen molar-refractivity contribution in [1.29, 1.82) is 0 Å². The minimum absolute atomic E-state index is 0.0604. The van der Waals surface area contributed by atoms with E-state index in [9.17, 15) is 14.4 Å². The highest BCUT2D eigenvalue weighted by Crippen LogP contribution is 2.12. The molecule has 0 spiro atoms. The molecule has 2 amide bonds. The Labute approximate surface area is 124 Å². The van der Waals surface area contributed by atoms with E-state index in [1.165, 1.54) is 5.56 Å². The van der Waals surface area contributed by atoms with Gasteiger partial charge in [0.15, 0.2) is 5.78 Å². The Balaban J connectivity index is 2.47. The van der Waals surface area contributed by atoms with Crippen LogP contribution in [0.15, 0.2) is 24.3 Å². The number of nitrogens with one attached hydrogen (secondary N) is 1. The molecule has 114 valence electrons. The van der Waals surface area contributed by atoms with Crippen LogP contribution in [-0.2, 0) is 27.2 Å². The van der Waals surface area contributed by atoms with Crippen LogP contribution >= 0.6 is 0 Å². The Kier molecular flexibility index (Phi) is 6.59. The predicted molar refractivity (Wildman–Crippen MR) is 80.5 cm³/mol. The monoisotopic (exact) mass is 290 g/mol. The Morgan fingerprint density at radius 2 is 1.90 bits per heavy atom. The van der Waals surface area contributed by atoms with Crippen LogP contribution in [0.2, 0.25) is 0 Å². The molecule has 0 saturated heterocycles. The predicted octanol–water partition coefficient (Wildman–Crippen LogP) is 0.988. The van der Waals surface area contributed by atoms with Crippen molar-refractivity contribution in [3.8, 4) is 0 Å². The van der Waals surface area contributed by atoms with E-state index in [-0.39, 0.29) is 24.7 Å². The normalized spacial score (nSPS) is 11.7. The van der Waals surface area contributed by atoms with Crippen molar-refractivity contribution in [1.82, 2.24) is 5.32 Å². The van der Waals surface area contributed by atoms with Gasteiger partial charge in [0.25, 0.3) is 0 Å². The van der Waals surface area contributed by atoms with Crippen LogP contribution < -0.4 is 11.1 Å². The first-order valence-corrected chi connectivity index (χ1v) is 7.08. The quantitative estimate of drug-likeness (QED) is 0.700. The van der Waals surface area contributed by atoms with Gasteiger partial charge in [-0.05, 0) is 24.0 Å². The maximum absolute atomic E-state index is 12.0. The third kappa shape index (κ3) is 6.21. The molecule has 0 aromatic heterocycles. The third-order valence-electron chi connectivity index (χ3n) is 3.29. The van der Waals surface area contributed by atoms with Crippen molar-refractivity contribution in [2.45, 2.75) is 33.1 Å². The molecule has 1 rings (SSSR count). The molecule has 5 heteroatoms. The minimum atomic E-state index is -0.704. The standard InChI is InChI=1S/C16H22N2O3/c1-3-12-5-4-6-13(8-12)7-11(2)14(19)10-18-16(21)9-15(17)20/h4-6,8,11H,3,7,9-10H2,1-2H3,(H2,17,20)(H,18,21)/t11-/m0/s1. The average Bonchev–Trinajstić information content (AvgIpc) is 2.44. The summed E-state index contributed by atoms with van der Waals surface area (Å²) in [4.78, 5) is 33.8. The summed E-state index contributed by atoms with van der Waals surface area (Å²) in [7, 11) is 0. The van der Waals surface area contributed by atoms with Crippen LogP contribution in [0.4, 0.5) is 0 Å². The minimum Gasteiger partial charge on any atom is -0.369 e. The van der Waals surface area contributed by atoms with Gasteiger partial charge in [0.05, 0.1) is 6.54 Å². The molecule has 1 atom stereocenters. The molecule has 1 aromatic carbocycles. The molecule has 1 aromatic rings. The summed E-state index contributed by atoms with van der Waals surface area (Å²) in [5, 5.41) is 2.41. The zero-order valence-electron chi connectivity index (χ0n) is 12.5. The smallest absolute Gasteiger partial charge is 0.229 e. The molecular formula is C16H22N2O3. The highest BCUT2D eigenvalue weighted by atomic mass is 16.2. The molecule has 0 aliphatic heterocycles. The topological polar surface area (TPSA) is 89.3 Å². The maximum Gasteiger partial charge on any atom is 0.229 e. The first-order valence-electron chi connectivity index (χ1n) is 7.08. The number of hydrogen-bond donors (Lipinski definition) is 2. The van der Waals surface area contributed by atoms with Gasteiger partial charge in [-0.25, -0.2) is 0 Å². The average molecular weight is 290 g/mol. The van der Waals surface area contributed by atoms with E-state index in [4.69, 9.17) is 5.73 Å². The van der Waals surface area contributed by atoms with Crippen molar-refractivity contribution in [3.05, 3.63) is 35.4 Å². The second-order valence-corrected chi connectivity index (χ2v) is 5.16. The van der Waals surface area contributed by atoms with Gasteiger partial charge in [-0.1, -0.05) is 38.1 Å². The van der Waals surface area contributed by atoms with Crippen molar-refractivity contribution >= 4 is 17.6 Å². The Bertz CT molecular complexity index is 526. The third-order valence-corrected chi connectivity index (χ3v) is 3.29. The van der Waals surface area contributed by atoms with Crippen molar-refractivity contribution < 1.29 is 14.4 Å². The number of Topliss-reactive ketones (excluding diaryl/α,β-unsaturated/α-hetero) is 1. The summed E-state index contributed by atoms with van der Waals surface area (Å²) in [5.41, 5.74) is 7.25. The highest BCUT2D eigenvalue weighted by Gasteiger charge is 2.15. The molecule has 0 aliphatic carbocycles. The van der Waals surface area contributed by atoms with Gasteiger partial charge in [-0.2, -0.15) is 0 Å². The van der Waals surface area contributed by atoms with Gasteiger partial charge in [0, 0.05) is 5.92 Å². The summed E-state index contributed by atoms with van der Waals surface area (Å²) in [5.74, 6) is -1.47. The molecule has 0 radical (unpaired) electrons. The summed E-state index contributed by atoms with van der Waals surface area (Å²) in [6.07, 6.45) is 1.21. The number of carbonyl (C=O) groups is 3. The molecular weight excluding hydrogens is 268 g/mol. The van der Waals surface area contributed by atoms with Crippen LogP contribution in [0.3, 0.4) is 0 Å². The van der Waals surface area contributed by atoms with Crippen molar-refractivity contribution in [2.75, 3.05) is 6.54 Å². The van der Waals surface area contributed by atoms with Crippen LogP contribution in [0.25, 0.3) is 0 Å². The van der Waals surface area contributed by atoms with Crippen LogP contribution in [0, 0.1) is 5.92 Å². The molecule has 0 saturated carbocycles. The van der Waals surface area contributed by atoms with E-state index in [0.29, 0.717) is 6.42 Å². The Hall–Kier alpha value is -2.17. The second-order valence-electron chi connectivity index (χ2n) is 5.16. The summed E-state index contributed by atoms with van der Waals surface area (Å²) in [6.45, 7) is 3.85. The SMILES string of the molecule is CCc1cccc(C[C@H](C)C(=O)CNC(=O)CC(N)=O)c1. The number of nitrogens with two attached hydrogens (primary N) is 1. The summed E-state index contributed by atoms with van der Waals surface area (Å²) >= 11 is 0. The first-order chi connectivity index (χ1) is 9.92. The van der Waals surface area contributed by atoms with Crippen molar-refractivity contribution in [2.24, 2.45) is 11.7 Å². The van der Waals surface area contributed by atoms with Gasteiger partial charge in [-0.3, -0.25) is 14.4 Å². The van der Waals surface area contributed by atoms with Gasteiger partial charge >= 0.3 is 0 Å². The maximum atomic E-state index is 12.0. The number of rotatable bonds is 8. The first kappa shape index (κ1) is 16.9.